The molecule has 2 heterocycles. The highest BCUT2D eigenvalue weighted by Crippen LogP contribution is 2.20. The average Bonchev–Trinajstić information content (AvgIpc) is 2.46. The van der Waals surface area contributed by atoms with Gasteiger partial charge in [-0.1, -0.05) is 15.9 Å². The van der Waals surface area contributed by atoms with Gasteiger partial charge in [-0.3, -0.25) is 9.59 Å². The summed E-state index contributed by atoms with van der Waals surface area (Å²) >= 11 is 3.36. The molecule has 0 bridgehead atoms. The SMILES string of the molecule is Cc1ccc(=O)n(CC2CN(C(=O)c3ccc(Br)cc3)C2)n1. The Morgan fingerprint density at radius 3 is 2.59 bits per heavy atom. The lowest BCUT2D eigenvalue weighted by Crippen LogP contribution is -2.52. The Hall–Kier alpha value is -1.95. The number of likely N-dealkylation sites (tertiary alicyclic amines) is 1. The van der Waals surface area contributed by atoms with Gasteiger partial charge in [0.05, 0.1) is 12.2 Å². The molecule has 0 aliphatic carbocycles. The molecule has 0 N–H and O–H groups in total. The molecule has 2 aromatic rings. The molecular formula is C16H16BrN3O2. The zero-order chi connectivity index (χ0) is 15.7. The number of rotatable bonds is 3. The molecule has 0 radical (unpaired) electrons. The number of amides is 1. The van der Waals surface area contributed by atoms with Crippen molar-refractivity contribution in [1.82, 2.24) is 14.7 Å². The number of halogens is 1. The first-order chi connectivity index (χ1) is 10.5. The van der Waals surface area contributed by atoms with E-state index >= 15 is 0 Å². The summed E-state index contributed by atoms with van der Waals surface area (Å²) in [5.41, 5.74) is 1.41. The summed E-state index contributed by atoms with van der Waals surface area (Å²) in [6, 6.07) is 10.6. The molecule has 0 atom stereocenters. The van der Waals surface area contributed by atoms with Crippen LogP contribution in [0.15, 0.2) is 45.7 Å². The van der Waals surface area contributed by atoms with Crippen molar-refractivity contribution in [3.63, 3.8) is 0 Å². The van der Waals surface area contributed by atoms with Crippen molar-refractivity contribution in [1.29, 1.82) is 0 Å². The number of aromatic nitrogens is 2. The van der Waals surface area contributed by atoms with E-state index in [1.807, 2.05) is 31.2 Å². The first kappa shape index (κ1) is 15.0. The van der Waals surface area contributed by atoms with Crippen molar-refractivity contribution >= 4 is 21.8 Å². The van der Waals surface area contributed by atoms with Gasteiger partial charge in [0, 0.05) is 35.1 Å². The largest absolute Gasteiger partial charge is 0.338 e. The van der Waals surface area contributed by atoms with Crippen LogP contribution in [0.2, 0.25) is 0 Å². The molecular weight excluding hydrogens is 346 g/mol. The molecule has 1 aromatic carbocycles. The lowest BCUT2D eigenvalue weighted by molar-refractivity contribution is 0.0458. The van der Waals surface area contributed by atoms with Crippen LogP contribution in [0, 0.1) is 12.8 Å². The van der Waals surface area contributed by atoms with Gasteiger partial charge in [-0.25, -0.2) is 4.68 Å². The van der Waals surface area contributed by atoms with E-state index in [-0.39, 0.29) is 17.4 Å². The van der Waals surface area contributed by atoms with Crippen molar-refractivity contribution < 1.29 is 4.79 Å². The molecule has 1 saturated heterocycles. The summed E-state index contributed by atoms with van der Waals surface area (Å²) in [5.74, 6) is 0.319. The van der Waals surface area contributed by atoms with Gasteiger partial charge < -0.3 is 4.90 Å². The zero-order valence-electron chi connectivity index (χ0n) is 12.2. The van der Waals surface area contributed by atoms with Gasteiger partial charge in [0.2, 0.25) is 0 Å². The second-order valence-electron chi connectivity index (χ2n) is 5.58. The van der Waals surface area contributed by atoms with Gasteiger partial charge in [-0.15, -0.1) is 0 Å². The molecule has 5 nitrogen and oxygen atoms in total. The predicted octanol–water partition coefficient (Wildman–Crippen LogP) is 2.09. The third-order valence-electron chi connectivity index (χ3n) is 3.77. The van der Waals surface area contributed by atoms with Crippen LogP contribution in [0.4, 0.5) is 0 Å². The Bertz CT molecular complexity index is 749. The van der Waals surface area contributed by atoms with Crippen molar-refractivity contribution in [2.45, 2.75) is 13.5 Å². The van der Waals surface area contributed by atoms with Gasteiger partial charge >= 0.3 is 0 Å². The van der Waals surface area contributed by atoms with Crippen LogP contribution in [-0.4, -0.2) is 33.7 Å². The minimum Gasteiger partial charge on any atom is -0.338 e. The van der Waals surface area contributed by atoms with Gasteiger partial charge in [0.1, 0.15) is 0 Å². The Balaban J connectivity index is 1.60. The highest BCUT2D eigenvalue weighted by molar-refractivity contribution is 9.10. The summed E-state index contributed by atoms with van der Waals surface area (Å²) in [7, 11) is 0. The van der Waals surface area contributed by atoms with E-state index < -0.39 is 0 Å². The van der Waals surface area contributed by atoms with E-state index in [4.69, 9.17) is 0 Å². The zero-order valence-corrected chi connectivity index (χ0v) is 13.8. The van der Waals surface area contributed by atoms with Gasteiger partial charge in [0.15, 0.2) is 0 Å². The monoisotopic (exact) mass is 361 g/mol. The lowest BCUT2D eigenvalue weighted by atomic mass is 9.99. The van der Waals surface area contributed by atoms with Crippen LogP contribution in [-0.2, 0) is 6.54 Å². The van der Waals surface area contributed by atoms with E-state index in [1.165, 1.54) is 10.7 Å². The molecule has 0 spiro atoms. The Labute approximate surface area is 136 Å². The molecule has 6 heteroatoms. The number of aryl methyl sites for hydroxylation is 1. The molecule has 1 amide bonds. The first-order valence-corrected chi connectivity index (χ1v) is 7.92. The molecule has 114 valence electrons. The Kier molecular flexibility index (Phi) is 4.11. The van der Waals surface area contributed by atoms with Crippen LogP contribution in [0.3, 0.4) is 0 Å². The predicted molar refractivity (Wildman–Crippen MR) is 86.8 cm³/mol. The summed E-state index contributed by atoms with van der Waals surface area (Å²) < 4.78 is 2.44. The minimum atomic E-state index is -0.0942. The number of benzene rings is 1. The van der Waals surface area contributed by atoms with E-state index in [9.17, 15) is 9.59 Å². The summed E-state index contributed by atoms with van der Waals surface area (Å²) in [5, 5.41) is 4.23. The van der Waals surface area contributed by atoms with E-state index in [1.54, 1.807) is 11.0 Å². The molecule has 0 saturated carbocycles. The minimum absolute atomic E-state index is 0.0355. The summed E-state index contributed by atoms with van der Waals surface area (Å²) in [4.78, 5) is 25.8. The Morgan fingerprint density at radius 1 is 1.23 bits per heavy atom. The van der Waals surface area contributed by atoms with E-state index in [2.05, 4.69) is 21.0 Å². The van der Waals surface area contributed by atoms with Crippen molar-refractivity contribution in [3.05, 3.63) is 62.5 Å². The molecule has 22 heavy (non-hydrogen) atoms. The third kappa shape index (κ3) is 3.11. The second-order valence-corrected chi connectivity index (χ2v) is 6.49. The normalized spacial score (nSPS) is 14.7. The van der Waals surface area contributed by atoms with Gasteiger partial charge in [-0.05, 0) is 37.3 Å². The molecule has 3 rings (SSSR count). The average molecular weight is 362 g/mol. The molecule has 1 aliphatic heterocycles. The van der Waals surface area contributed by atoms with Crippen LogP contribution >= 0.6 is 15.9 Å². The lowest BCUT2D eigenvalue weighted by Gasteiger charge is -2.39. The second kappa shape index (κ2) is 6.04. The van der Waals surface area contributed by atoms with Gasteiger partial charge in [0.25, 0.3) is 11.5 Å². The number of hydrogen-bond acceptors (Lipinski definition) is 3. The highest BCUT2D eigenvalue weighted by atomic mass is 79.9. The maximum absolute atomic E-state index is 12.3. The number of carbonyl (C=O) groups is 1. The third-order valence-corrected chi connectivity index (χ3v) is 4.30. The fourth-order valence-corrected chi connectivity index (χ4v) is 2.82. The maximum atomic E-state index is 12.3. The topological polar surface area (TPSA) is 55.2 Å². The highest BCUT2D eigenvalue weighted by Gasteiger charge is 2.31. The molecule has 1 aromatic heterocycles. The van der Waals surface area contributed by atoms with Crippen molar-refractivity contribution in [2.24, 2.45) is 5.92 Å². The first-order valence-electron chi connectivity index (χ1n) is 7.12. The molecule has 0 unspecified atom stereocenters. The maximum Gasteiger partial charge on any atom is 0.266 e. The smallest absolute Gasteiger partial charge is 0.266 e. The van der Waals surface area contributed by atoms with Gasteiger partial charge in [-0.2, -0.15) is 5.10 Å². The summed E-state index contributed by atoms with van der Waals surface area (Å²) in [6.07, 6.45) is 0. The number of carbonyl (C=O) groups excluding carboxylic acids is 1. The number of hydrogen-bond donors (Lipinski definition) is 0. The quantitative estimate of drug-likeness (QED) is 0.840. The van der Waals surface area contributed by atoms with Crippen molar-refractivity contribution in [3.8, 4) is 0 Å². The van der Waals surface area contributed by atoms with Crippen LogP contribution in [0.1, 0.15) is 16.1 Å². The van der Waals surface area contributed by atoms with Crippen LogP contribution in [0.5, 0.6) is 0 Å². The molecule has 1 aliphatic rings. The fourth-order valence-electron chi connectivity index (χ4n) is 2.55. The van der Waals surface area contributed by atoms with E-state index in [0.29, 0.717) is 25.2 Å². The van der Waals surface area contributed by atoms with Crippen LogP contribution in [0.25, 0.3) is 0 Å². The fraction of sp³-hybridized carbons (Fsp3) is 0.312. The van der Waals surface area contributed by atoms with Crippen LogP contribution < -0.4 is 5.56 Å². The standard InChI is InChI=1S/C16H16BrN3O2/c1-11-2-7-15(21)20(18-11)10-12-8-19(9-12)16(22)13-3-5-14(17)6-4-13/h2-7,12H,8-10H2,1H3. The molecule has 1 fully saturated rings. The number of nitrogens with zero attached hydrogens (tertiary/aromatic N) is 3. The summed E-state index contributed by atoms with van der Waals surface area (Å²) in [6.45, 7) is 3.75. The Morgan fingerprint density at radius 2 is 1.91 bits per heavy atom. The van der Waals surface area contributed by atoms with E-state index in [0.717, 1.165) is 10.2 Å². The van der Waals surface area contributed by atoms with Crippen molar-refractivity contribution in [2.75, 3.05) is 13.1 Å².